The Hall–Kier alpha value is -2.49. The van der Waals surface area contributed by atoms with Gasteiger partial charge in [0.2, 0.25) is 5.91 Å². The van der Waals surface area contributed by atoms with E-state index in [1.54, 1.807) is 0 Å². The van der Waals surface area contributed by atoms with Gasteiger partial charge in [-0.05, 0) is 43.0 Å². The third kappa shape index (κ3) is 5.24. The minimum Gasteiger partial charge on any atom is -0.494 e. The summed E-state index contributed by atoms with van der Waals surface area (Å²) in [6.07, 6.45) is 3.57. The highest BCUT2D eigenvalue weighted by molar-refractivity contribution is 5.75. The quantitative estimate of drug-likeness (QED) is 0.750. The van der Waals surface area contributed by atoms with Crippen LogP contribution in [0.1, 0.15) is 24.8 Å². The summed E-state index contributed by atoms with van der Waals surface area (Å²) in [5.74, 6) is 0.952. The monoisotopic (exact) mass is 338 g/mol. The van der Waals surface area contributed by atoms with Gasteiger partial charge in [0.1, 0.15) is 5.75 Å². The van der Waals surface area contributed by atoms with Crippen LogP contribution in [0.5, 0.6) is 5.75 Å². The zero-order valence-electron chi connectivity index (χ0n) is 14.6. The molecule has 0 saturated heterocycles. The third-order valence-corrected chi connectivity index (χ3v) is 4.47. The van der Waals surface area contributed by atoms with E-state index in [0.717, 1.165) is 31.7 Å². The molecule has 25 heavy (non-hydrogen) atoms. The number of amides is 1. The standard InChI is InChI=1S/C21H26N2O2/c24-21(13-7-17-25-19-10-2-1-3-11-19)22-14-16-23-15-6-9-18-8-4-5-12-20(18)23/h1-5,8,10-12H,6-7,9,13-17H2,(H,22,24). The summed E-state index contributed by atoms with van der Waals surface area (Å²) < 4.78 is 5.61. The molecule has 3 rings (SSSR count). The number of para-hydroxylation sites is 2. The summed E-state index contributed by atoms with van der Waals surface area (Å²) >= 11 is 0. The highest BCUT2D eigenvalue weighted by atomic mass is 16.5. The van der Waals surface area contributed by atoms with Crippen molar-refractivity contribution in [2.24, 2.45) is 0 Å². The Morgan fingerprint density at radius 3 is 2.76 bits per heavy atom. The molecule has 4 nitrogen and oxygen atoms in total. The van der Waals surface area contributed by atoms with Gasteiger partial charge in [-0.25, -0.2) is 0 Å². The van der Waals surface area contributed by atoms with Gasteiger partial charge < -0.3 is 15.0 Å². The van der Waals surface area contributed by atoms with Crippen LogP contribution in [-0.4, -0.2) is 32.1 Å². The molecule has 0 saturated carbocycles. The Balaban J connectivity index is 1.32. The number of ether oxygens (including phenoxy) is 1. The largest absolute Gasteiger partial charge is 0.494 e. The van der Waals surface area contributed by atoms with Gasteiger partial charge in [0, 0.05) is 31.7 Å². The molecule has 132 valence electrons. The van der Waals surface area contributed by atoms with Crippen molar-refractivity contribution >= 4 is 11.6 Å². The molecule has 0 unspecified atom stereocenters. The smallest absolute Gasteiger partial charge is 0.220 e. The summed E-state index contributed by atoms with van der Waals surface area (Å²) in [5.41, 5.74) is 2.73. The molecule has 1 aliphatic heterocycles. The number of anilines is 1. The van der Waals surface area contributed by atoms with Gasteiger partial charge in [0.05, 0.1) is 6.61 Å². The van der Waals surface area contributed by atoms with Crippen LogP contribution in [0.4, 0.5) is 5.69 Å². The predicted octanol–water partition coefficient (Wildman–Crippen LogP) is 3.41. The zero-order valence-corrected chi connectivity index (χ0v) is 14.6. The fraction of sp³-hybridized carbons (Fsp3) is 0.381. The van der Waals surface area contributed by atoms with Crippen molar-refractivity contribution in [2.75, 3.05) is 31.1 Å². The molecule has 0 aromatic heterocycles. The second-order valence-corrected chi connectivity index (χ2v) is 6.33. The van der Waals surface area contributed by atoms with Crippen molar-refractivity contribution in [3.05, 3.63) is 60.2 Å². The summed E-state index contributed by atoms with van der Waals surface area (Å²) in [4.78, 5) is 14.3. The molecular formula is C21H26N2O2. The molecule has 0 fully saturated rings. The average molecular weight is 338 g/mol. The second-order valence-electron chi connectivity index (χ2n) is 6.33. The van der Waals surface area contributed by atoms with Gasteiger partial charge >= 0.3 is 0 Å². The number of fused-ring (bicyclic) bond motifs is 1. The molecular weight excluding hydrogens is 312 g/mol. The lowest BCUT2D eigenvalue weighted by atomic mass is 10.0. The Morgan fingerprint density at radius 1 is 1.08 bits per heavy atom. The normalized spacial score (nSPS) is 13.2. The molecule has 2 aromatic rings. The van der Waals surface area contributed by atoms with E-state index in [-0.39, 0.29) is 5.91 Å². The minimum atomic E-state index is 0.0990. The SMILES string of the molecule is O=C(CCCOc1ccccc1)NCCN1CCCc2ccccc21. The highest BCUT2D eigenvalue weighted by Crippen LogP contribution is 2.25. The molecule has 0 aliphatic carbocycles. The Morgan fingerprint density at radius 2 is 1.88 bits per heavy atom. The minimum absolute atomic E-state index is 0.0990. The van der Waals surface area contributed by atoms with Crippen LogP contribution in [-0.2, 0) is 11.2 Å². The maximum atomic E-state index is 12.0. The fourth-order valence-electron chi connectivity index (χ4n) is 3.20. The third-order valence-electron chi connectivity index (χ3n) is 4.47. The van der Waals surface area contributed by atoms with Crippen LogP contribution in [0.25, 0.3) is 0 Å². The number of hydrogen-bond donors (Lipinski definition) is 1. The van der Waals surface area contributed by atoms with E-state index >= 15 is 0 Å². The first kappa shape index (κ1) is 17.3. The molecule has 1 amide bonds. The van der Waals surface area contributed by atoms with Gasteiger partial charge in [0.15, 0.2) is 0 Å². The van der Waals surface area contributed by atoms with E-state index in [1.165, 1.54) is 17.7 Å². The molecule has 2 aromatic carbocycles. The predicted molar refractivity (Wildman–Crippen MR) is 101 cm³/mol. The number of hydrogen-bond acceptors (Lipinski definition) is 3. The summed E-state index contributed by atoms with van der Waals surface area (Å²) in [7, 11) is 0. The van der Waals surface area contributed by atoms with E-state index in [2.05, 4.69) is 34.5 Å². The highest BCUT2D eigenvalue weighted by Gasteiger charge is 2.15. The maximum absolute atomic E-state index is 12.0. The lowest BCUT2D eigenvalue weighted by molar-refractivity contribution is -0.121. The van der Waals surface area contributed by atoms with Crippen LogP contribution >= 0.6 is 0 Å². The Labute approximate surface area is 149 Å². The molecule has 1 heterocycles. The number of nitrogens with one attached hydrogen (secondary N) is 1. The molecule has 0 spiro atoms. The molecule has 4 heteroatoms. The van der Waals surface area contributed by atoms with E-state index in [0.29, 0.717) is 19.6 Å². The lowest BCUT2D eigenvalue weighted by Gasteiger charge is -2.31. The van der Waals surface area contributed by atoms with E-state index in [4.69, 9.17) is 4.74 Å². The van der Waals surface area contributed by atoms with Crippen molar-refractivity contribution in [1.82, 2.24) is 5.32 Å². The van der Waals surface area contributed by atoms with Crippen LogP contribution in [0.3, 0.4) is 0 Å². The second kappa shape index (κ2) is 9.11. The van der Waals surface area contributed by atoms with Gasteiger partial charge in [-0.15, -0.1) is 0 Å². The first-order valence-corrected chi connectivity index (χ1v) is 9.10. The molecule has 0 radical (unpaired) electrons. The summed E-state index contributed by atoms with van der Waals surface area (Å²) in [6.45, 7) is 3.19. The van der Waals surface area contributed by atoms with Crippen molar-refractivity contribution < 1.29 is 9.53 Å². The van der Waals surface area contributed by atoms with E-state index in [1.807, 2.05) is 30.3 Å². The van der Waals surface area contributed by atoms with Crippen molar-refractivity contribution in [3.8, 4) is 5.75 Å². The van der Waals surface area contributed by atoms with Gasteiger partial charge in [-0.1, -0.05) is 36.4 Å². The van der Waals surface area contributed by atoms with Crippen molar-refractivity contribution in [3.63, 3.8) is 0 Å². The van der Waals surface area contributed by atoms with Crippen LogP contribution in [0, 0.1) is 0 Å². The van der Waals surface area contributed by atoms with Crippen LogP contribution in [0.15, 0.2) is 54.6 Å². The molecule has 0 atom stereocenters. The van der Waals surface area contributed by atoms with Crippen LogP contribution < -0.4 is 15.0 Å². The zero-order chi connectivity index (χ0) is 17.3. The fourth-order valence-corrected chi connectivity index (χ4v) is 3.20. The number of carbonyl (C=O) groups excluding carboxylic acids is 1. The number of rotatable bonds is 8. The van der Waals surface area contributed by atoms with Crippen molar-refractivity contribution in [2.45, 2.75) is 25.7 Å². The van der Waals surface area contributed by atoms with E-state index < -0.39 is 0 Å². The van der Waals surface area contributed by atoms with Crippen LogP contribution in [0.2, 0.25) is 0 Å². The van der Waals surface area contributed by atoms with E-state index in [9.17, 15) is 4.79 Å². The summed E-state index contributed by atoms with van der Waals surface area (Å²) in [5, 5.41) is 3.02. The topological polar surface area (TPSA) is 41.6 Å². The lowest BCUT2D eigenvalue weighted by Crippen LogP contribution is -2.37. The Bertz CT molecular complexity index is 673. The average Bonchev–Trinajstić information content (AvgIpc) is 2.66. The number of carbonyl (C=O) groups is 1. The van der Waals surface area contributed by atoms with Gasteiger partial charge in [-0.3, -0.25) is 4.79 Å². The first-order valence-electron chi connectivity index (χ1n) is 9.10. The van der Waals surface area contributed by atoms with Gasteiger partial charge in [-0.2, -0.15) is 0 Å². The van der Waals surface area contributed by atoms with Crippen molar-refractivity contribution in [1.29, 1.82) is 0 Å². The molecule has 1 N–H and O–H groups in total. The molecule has 0 bridgehead atoms. The number of benzene rings is 2. The first-order chi connectivity index (χ1) is 12.3. The molecule has 1 aliphatic rings. The number of nitrogens with zero attached hydrogens (tertiary/aromatic N) is 1. The summed E-state index contributed by atoms with van der Waals surface area (Å²) in [6, 6.07) is 18.3. The number of aryl methyl sites for hydroxylation is 1. The van der Waals surface area contributed by atoms with Gasteiger partial charge in [0.25, 0.3) is 0 Å². The Kier molecular flexibility index (Phi) is 6.32. The maximum Gasteiger partial charge on any atom is 0.220 e.